The summed E-state index contributed by atoms with van der Waals surface area (Å²) in [7, 11) is 0. The smallest absolute Gasteiger partial charge is 0.359 e. The van der Waals surface area contributed by atoms with Crippen LogP contribution in [-0.2, 0) is 17.8 Å². The van der Waals surface area contributed by atoms with Crippen LogP contribution in [0, 0.1) is 5.82 Å². The van der Waals surface area contributed by atoms with Crippen molar-refractivity contribution in [2.75, 3.05) is 13.2 Å². The molecule has 0 saturated heterocycles. The van der Waals surface area contributed by atoms with Crippen molar-refractivity contribution in [2.24, 2.45) is 0 Å². The van der Waals surface area contributed by atoms with Crippen LogP contribution in [-0.4, -0.2) is 44.7 Å². The second-order valence-electron chi connectivity index (χ2n) is 7.39. The number of aromatic nitrogens is 3. The van der Waals surface area contributed by atoms with E-state index in [1.165, 1.54) is 12.1 Å². The molecular formula is C22H23FN4O3. The van der Waals surface area contributed by atoms with Crippen molar-refractivity contribution in [2.45, 2.75) is 32.9 Å². The van der Waals surface area contributed by atoms with Crippen molar-refractivity contribution in [3.8, 4) is 0 Å². The molecule has 1 atom stereocenters. The number of benzene rings is 1. The molecule has 0 radical (unpaired) electrons. The molecule has 2 aromatic heterocycles. The maximum atomic E-state index is 13.3. The number of ether oxygens (including phenoxy) is 1. The first kappa shape index (κ1) is 19.9. The average Bonchev–Trinajstić information content (AvgIpc) is 3.38. The summed E-state index contributed by atoms with van der Waals surface area (Å²) in [6, 6.07) is 9.70. The number of esters is 1. The molecular weight excluding hydrogens is 387 g/mol. The predicted octanol–water partition coefficient (Wildman–Crippen LogP) is 3.33. The van der Waals surface area contributed by atoms with E-state index in [-0.39, 0.29) is 36.5 Å². The molecule has 1 aliphatic rings. The van der Waals surface area contributed by atoms with Gasteiger partial charge in [0.15, 0.2) is 5.69 Å². The van der Waals surface area contributed by atoms with Gasteiger partial charge in [0.25, 0.3) is 5.91 Å². The number of rotatable bonds is 5. The first-order valence-electron chi connectivity index (χ1n) is 9.91. The van der Waals surface area contributed by atoms with Gasteiger partial charge in [-0.15, -0.1) is 0 Å². The highest BCUT2D eigenvalue weighted by Gasteiger charge is 2.35. The molecule has 156 valence electrons. The molecule has 30 heavy (non-hydrogen) atoms. The van der Waals surface area contributed by atoms with Gasteiger partial charge in [0.05, 0.1) is 19.7 Å². The molecule has 1 amide bonds. The summed E-state index contributed by atoms with van der Waals surface area (Å²) in [6.45, 7) is 5.15. The molecule has 8 heteroatoms. The average molecular weight is 410 g/mol. The Morgan fingerprint density at radius 2 is 2.03 bits per heavy atom. The molecule has 0 aliphatic carbocycles. The van der Waals surface area contributed by atoms with Crippen molar-refractivity contribution in [1.29, 1.82) is 0 Å². The predicted molar refractivity (Wildman–Crippen MR) is 108 cm³/mol. The van der Waals surface area contributed by atoms with Crippen molar-refractivity contribution in [1.82, 2.24) is 19.7 Å². The lowest BCUT2D eigenvalue weighted by molar-refractivity contribution is 0.0512. The van der Waals surface area contributed by atoms with Gasteiger partial charge in [-0.3, -0.25) is 9.48 Å². The molecule has 1 aromatic carbocycles. The maximum absolute atomic E-state index is 13.3. The second kappa shape index (κ2) is 8.14. The SMILES string of the molecule is CCOC(=O)c1nn(Cc2ccc(F)cc2)c2c1CN(C(=O)c1ccc[nH]1)C[C@@H]2C. The van der Waals surface area contributed by atoms with E-state index in [2.05, 4.69) is 10.1 Å². The van der Waals surface area contributed by atoms with Crippen LogP contribution in [0.5, 0.6) is 0 Å². The molecule has 0 bridgehead atoms. The third-order valence-electron chi connectivity index (χ3n) is 5.23. The van der Waals surface area contributed by atoms with Crippen LogP contribution in [0.1, 0.15) is 57.6 Å². The Balaban J connectivity index is 1.71. The standard InChI is InChI=1S/C22H23FN4O3/c1-3-30-22(29)19-17-13-26(21(28)18-5-4-10-24-18)11-14(2)20(17)27(25-19)12-15-6-8-16(23)9-7-15/h4-10,14,24H,3,11-13H2,1-2H3/t14-/m0/s1. The van der Waals surface area contributed by atoms with Crippen LogP contribution in [0.25, 0.3) is 0 Å². The van der Waals surface area contributed by atoms with Gasteiger partial charge in [0.2, 0.25) is 0 Å². The molecule has 1 N–H and O–H groups in total. The molecule has 0 spiro atoms. The van der Waals surface area contributed by atoms with Gasteiger partial charge in [-0.25, -0.2) is 9.18 Å². The van der Waals surface area contributed by atoms with E-state index in [4.69, 9.17) is 4.74 Å². The van der Waals surface area contributed by atoms with Crippen molar-refractivity contribution < 1.29 is 18.7 Å². The summed E-state index contributed by atoms with van der Waals surface area (Å²) in [4.78, 5) is 30.1. The molecule has 3 aromatic rings. The summed E-state index contributed by atoms with van der Waals surface area (Å²) in [5.41, 5.74) is 3.20. The quantitative estimate of drug-likeness (QED) is 0.655. The van der Waals surface area contributed by atoms with E-state index < -0.39 is 5.97 Å². The second-order valence-corrected chi connectivity index (χ2v) is 7.39. The minimum atomic E-state index is -0.507. The van der Waals surface area contributed by atoms with E-state index in [1.807, 2.05) is 6.92 Å². The van der Waals surface area contributed by atoms with Gasteiger partial charge in [-0.05, 0) is 36.8 Å². The molecule has 0 saturated carbocycles. The third kappa shape index (κ3) is 3.72. The minimum Gasteiger partial charge on any atom is -0.461 e. The molecule has 4 rings (SSSR count). The van der Waals surface area contributed by atoms with E-state index in [0.29, 0.717) is 24.3 Å². The lowest BCUT2D eigenvalue weighted by Crippen LogP contribution is -2.38. The number of carbonyl (C=O) groups is 2. The lowest BCUT2D eigenvalue weighted by atomic mass is 9.95. The number of H-pyrrole nitrogens is 1. The molecule has 1 aliphatic heterocycles. The summed E-state index contributed by atoms with van der Waals surface area (Å²) < 4.78 is 20.2. The zero-order valence-electron chi connectivity index (χ0n) is 16.9. The Bertz CT molecular complexity index is 1060. The maximum Gasteiger partial charge on any atom is 0.359 e. The summed E-state index contributed by atoms with van der Waals surface area (Å²) in [5, 5.41) is 4.54. The first-order valence-corrected chi connectivity index (χ1v) is 9.91. The van der Waals surface area contributed by atoms with Crippen molar-refractivity contribution in [3.63, 3.8) is 0 Å². The number of hydrogen-bond donors (Lipinski definition) is 1. The highest BCUT2D eigenvalue weighted by molar-refractivity contribution is 5.93. The van der Waals surface area contributed by atoms with Gasteiger partial charge in [-0.1, -0.05) is 19.1 Å². The summed E-state index contributed by atoms with van der Waals surface area (Å²) in [6.07, 6.45) is 1.71. The van der Waals surface area contributed by atoms with E-state index in [0.717, 1.165) is 11.3 Å². The minimum absolute atomic E-state index is 0.0382. The fourth-order valence-electron chi connectivity index (χ4n) is 3.93. The Morgan fingerprint density at radius 1 is 1.27 bits per heavy atom. The Hall–Kier alpha value is -3.42. The number of halogens is 1. The number of hydrogen-bond acceptors (Lipinski definition) is 4. The zero-order chi connectivity index (χ0) is 21.3. The number of fused-ring (bicyclic) bond motifs is 1. The van der Waals surface area contributed by atoms with Gasteiger partial charge < -0.3 is 14.6 Å². The lowest BCUT2D eigenvalue weighted by Gasteiger charge is -2.31. The van der Waals surface area contributed by atoms with Crippen molar-refractivity contribution in [3.05, 3.63) is 76.6 Å². The monoisotopic (exact) mass is 410 g/mol. The van der Waals surface area contributed by atoms with E-state index >= 15 is 0 Å². The third-order valence-corrected chi connectivity index (χ3v) is 5.23. The van der Waals surface area contributed by atoms with Crippen LogP contribution in [0.3, 0.4) is 0 Å². The van der Waals surface area contributed by atoms with Gasteiger partial charge in [0.1, 0.15) is 11.5 Å². The first-order chi connectivity index (χ1) is 14.5. The number of carbonyl (C=O) groups excluding carboxylic acids is 2. The zero-order valence-corrected chi connectivity index (χ0v) is 16.9. The Morgan fingerprint density at radius 3 is 2.70 bits per heavy atom. The van der Waals surface area contributed by atoms with Crippen LogP contribution < -0.4 is 0 Å². The van der Waals surface area contributed by atoms with Crippen LogP contribution in [0.15, 0.2) is 42.6 Å². The van der Waals surface area contributed by atoms with Crippen LogP contribution in [0.4, 0.5) is 4.39 Å². The van der Waals surface area contributed by atoms with Crippen LogP contribution >= 0.6 is 0 Å². The highest BCUT2D eigenvalue weighted by Crippen LogP contribution is 2.32. The normalized spacial score (nSPS) is 15.7. The molecule has 3 heterocycles. The Kier molecular flexibility index (Phi) is 5.39. The van der Waals surface area contributed by atoms with Gasteiger partial charge >= 0.3 is 5.97 Å². The molecule has 0 unspecified atom stereocenters. The van der Waals surface area contributed by atoms with E-state index in [9.17, 15) is 14.0 Å². The highest BCUT2D eigenvalue weighted by atomic mass is 19.1. The molecule has 0 fully saturated rings. The van der Waals surface area contributed by atoms with Crippen molar-refractivity contribution >= 4 is 11.9 Å². The summed E-state index contributed by atoms with van der Waals surface area (Å²) in [5.74, 6) is -0.976. The molecule has 7 nitrogen and oxygen atoms in total. The van der Waals surface area contributed by atoms with Gasteiger partial charge in [-0.2, -0.15) is 5.10 Å². The fourth-order valence-corrected chi connectivity index (χ4v) is 3.93. The fraction of sp³-hybridized carbons (Fsp3) is 0.318. The van der Waals surface area contributed by atoms with Gasteiger partial charge in [0, 0.05) is 29.9 Å². The largest absolute Gasteiger partial charge is 0.461 e. The number of nitrogens with zero attached hydrogens (tertiary/aromatic N) is 3. The van der Waals surface area contributed by atoms with E-state index in [1.54, 1.807) is 47.0 Å². The summed E-state index contributed by atoms with van der Waals surface area (Å²) >= 11 is 0. The Labute approximate surface area is 173 Å². The number of nitrogens with one attached hydrogen (secondary N) is 1. The van der Waals surface area contributed by atoms with Crippen LogP contribution in [0.2, 0.25) is 0 Å². The number of aromatic amines is 1. The topological polar surface area (TPSA) is 80.2 Å². The number of amides is 1.